The Morgan fingerprint density at radius 2 is 0.543 bits per heavy atom. The zero-order chi connectivity index (χ0) is 66.3. The van der Waals surface area contributed by atoms with Crippen LogP contribution in [0.5, 0.6) is 0 Å². The highest BCUT2D eigenvalue weighted by atomic mass is 16.5. The minimum Gasteiger partial charge on any atom is -0.466 e. The molecule has 6 nitrogen and oxygen atoms in total. The number of aliphatic hydroxyl groups is 2. The molecule has 0 saturated carbocycles. The predicted molar refractivity (Wildman–Crippen MR) is 407 cm³/mol. The Kier molecular flexibility index (Phi) is 79.8. The van der Waals surface area contributed by atoms with E-state index in [9.17, 15) is 19.8 Å². The monoisotopic (exact) mass is 1290 g/mol. The third-order valence-electron chi connectivity index (χ3n) is 19.9. The van der Waals surface area contributed by atoms with Crippen molar-refractivity contribution in [3.63, 3.8) is 0 Å². The maximum Gasteiger partial charge on any atom is 0.305 e. The summed E-state index contributed by atoms with van der Waals surface area (Å²) in [6, 6.07) is -0.624. The average molecular weight is 1290 g/mol. The first-order valence-electron chi connectivity index (χ1n) is 42.3. The molecule has 0 aromatic rings. The number of rotatable bonds is 80. The fraction of sp³-hybridized carbons (Fsp3) is 0.907. The van der Waals surface area contributed by atoms with E-state index >= 15 is 0 Å². The van der Waals surface area contributed by atoms with Crippen LogP contribution in [0.4, 0.5) is 0 Å². The van der Waals surface area contributed by atoms with Gasteiger partial charge in [0.1, 0.15) is 0 Å². The van der Waals surface area contributed by atoms with Crippen LogP contribution < -0.4 is 5.32 Å². The molecular weight excluding hydrogens is 1130 g/mol. The van der Waals surface area contributed by atoms with Gasteiger partial charge >= 0.3 is 5.97 Å². The Hall–Kier alpha value is -1.92. The Balaban J connectivity index is 3.32. The fourth-order valence-corrected chi connectivity index (χ4v) is 13.5. The summed E-state index contributed by atoms with van der Waals surface area (Å²) in [5.41, 5.74) is 0. The second kappa shape index (κ2) is 81.5. The number of allylic oxidation sites excluding steroid dienone is 5. The number of amides is 1. The van der Waals surface area contributed by atoms with Gasteiger partial charge in [0, 0.05) is 12.8 Å². The maximum absolute atomic E-state index is 12.5. The largest absolute Gasteiger partial charge is 0.466 e. The smallest absolute Gasteiger partial charge is 0.305 e. The average Bonchev–Trinajstić information content (AvgIpc) is 3.77. The van der Waals surface area contributed by atoms with Crippen LogP contribution in [0.15, 0.2) is 36.5 Å². The van der Waals surface area contributed by atoms with Crippen molar-refractivity contribution in [1.82, 2.24) is 5.32 Å². The second-order valence-corrected chi connectivity index (χ2v) is 29.2. The zero-order valence-electron chi connectivity index (χ0n) is 62.6. The van der Waals surface area contributed by atoms with E-state index in [4.69, 9.17) is 4.74 Å². The van der Waals surface area contributed by atoms with E-state index in [0.717, 1.165) is 51.4 Å². The molecule has 2 unspecified atom stereocenters. The number of hydrogen-bond donors (Lipinski definition) is 3. The number of unbranched alkanes of at least 4 members (excludes halogenated alkanes) is 65. The zero-order valence-corrected chi connectivity index (χ0v) is 62.6. The van der Waals surface area contributed by atoms with Crippen LogP contribution in [0.1, 0.15) is 476 Å². The van der Waals surface area contributed by atoms with E-state index in [2.05, 4.69) is 43.5 Å². The van der Waals surface area contributed by atoms with Crippen LogP contribution in [-0.4, -0.2) is 47.4 Å². The summed E-state index contributed by atoms with van der Waals surface area (Å²) in [4.78, 5) is 24.7. The third kappa shape index (κ3) is 77.1. The summed E-state index contributed by atoms with van der Waals surface area (Å²) < 4.78 is 5.51. The molecule has 3 N–H and O–H groups in total. The van der Waals surface area contributed by atoms with Gasteiger partial charge in [-0.3, -0.25) is 9.59 Å². The number of carbonyl (C=O) groups is 2. The first-order valence-corrected chi connectivity index (χ1v) is 42.3. The van der Waals surface area contributed by atoms with Crippen LogP contribution in [0.25, 0.3) is 0 Å². The van der Waals surface area contributed by atoms with Gasteiger partial charge in [0.05, 0.1) is 25.4 Å². The SMILES string of the molecule is CCCCCC/C=C\C/C=C\CCCCCCCCCC(=O)OCCCCCCCCCCCCCCCCCCCCCCCCCCCCCCCCCCCCCCCC(=O)NC(CO)C(O)/C=C/CCCCCCCCCCCCCCCCCCCC. The van der Waals surface area contributed by atoms with Crippen molar-refractivity contribution in [2.45, 2.75) is 488 Å². The highest BCUT2D eigenvalue weighted by Crippen LogP contribution is 2.20. The lowest BCUT2D eigenvalue weighted by Gasteiger charge is -2.20. The molecule has 0 spiro atoms. The number of nitrogens with one attached hydrogen (secondary N) is 1. The standard InChI is InChI=1S/C86H165NO5/c1-3-5-7-9-11-13-15-17-19-21-23-43-46-50-54-58-62-66-70-74-78-84(89)83(82-88)87-85(90)79-75-71-67-63-59-55-51-47-44-41-39-37-35-33-31-29-27-25-24-26-28-30-32-34-36-38-40-42-45-49-53-57-61-65-69-73-77-81-92-86(91)80-76-72-68-64-60-56-52-48-22-20-18-16-14-12-10-8-6-4-2/h14,16,20,22,74,78,83-84,88-89H,3-13,15,17-19,21,23-73,75-77,79-82H2,1-2H3,(H,87,90)/b16-14-,22-20-,78-74+. The van der Waals surface area contributed by atoms with E-state index in [0.29, 0.717) is 19.4 Å². The van der Waals surface area contributed by atoms with Crippen LogP contribution >= 0.6 is 0 Å². The summed E-state index contributed by atoms with van der Waals surface area (Å²) in [6.07, 6.45) is 107. The summed E-state index contributed by atoms with van der Waals surface area (Å²) >= 11 is 0. The minimum atomic E-state index is -0.841. The number of hydrogen-bond acceptors (Lipinski definition) is 5. The summed E-state index contributed by atoms with van der Waals surface area (Å²) in [7, 11) is 0. The molecule has 0 aromatic carbocycles. The van der Waals surface area contributed by atoms with Crippen molar-refractivity contribution in [2.24, 2.45) is 0 Å². The third-order valence-corrected chi connectivity index (χ3v) is 19.9. The quantitative estimate of drug-likeness (QED) is 0.0320. The lowest BCUT2D eigenvalue weighted by atomic mass is 10.0. The number of ether oxygens (including phenoxy) is 1. The Morgan fingerprint density at radius 3 is 0.837 bits per heavy atom. The van der Waals surface area contributed by atoms with Gasteiger partial charge in [-0.05, 0) is 64.2 Å². The Labute approximate surface area is 576 Å². The lowest BCUT2D eigenvalue weighted by Crippen LogP contribution is -2.45. The highest BCUT2D eigenvalue weighted by Gasteiger charge is 2.18. The van der Waals surface area contributed by atoms with Crippen molar-refractivity contribution in [3.8, 4) is 0 Å². The summed E-state index contributed by atoms with van der Waals surface area (Å²) in [6.45, 7) is 4.94. The van der Waals surface area contributed by atoms with Crippen molar-refractivity contribution in [1.29, 1.82) is 0 Å². The van der Waals surface area contributed by atoms with E-state index < -0.39 is 12.1 Å². The first kappa shape index (κ1) is 90.1. The molecule has 0 radical (unpaired) electrons. The van der Waals surface area contributed by atoms with Crippen LogP contribution in [-0.2, 0) is 14.3 Å². The number of aliphatic hydroxyl groups excluding tert-OH is 2. The van der Waals surface area contributed by atoms with Gasteiger partial charge in [-0.25, -0.2) is 0 Å². The summed E-state index contributed by atoms with van der Waals surface area (Å²) in [5, 5.41) is 23.3. The molecule has 0 aromatic heterocycles. The minimum absolute atomic E-state index is 0.0166. The fourth-order valence-electron chi connectivity index (χ4n) is 13.5. The molecule has 0 heterocycles. The summed E-state index contributed by atoms with van der Waals surface area (Å²) in [5.74, 6) is -0.0409. The Morgan fingerprint density at radius 1 is 0.304 bits per heavy atom. The van der Waals surface area contributed by atoms with Gasteiger partial charge in [-0.1, -0.05) is 436 Å². The molecule has 544 valence electrons. The molecule has 6 heteroatoms. The van der Waals surface area contributed by atoms with Gasteiger partial charge < -0.3 is 20.3 Å². The molecular formula is C86H165NO5. The second-order valence-electron chi connectivity index (χ2n) is 29.2. The van der Waals surface area contributed by atoms with E-state index in [1.54, 1.807) is 6.08 Å². The van der Waals surface area contributed by atoms with E-state index in [1.165, 1.54) is 398 Å². The van der Waals surface area contributed by atoms with Gasteiger partial charge in [0.2, 0.25) is 5.91 Å². The molecule has 92 heavy (non-hydrogen) atoms. The van der Waals surface area contributed by atoms with Crippen LogP contribution in [0, 0.1) is 0 Å². The van der Waals surface area contributed by atoms with Gasteiger partial charge in [-0.15, -0.1) is 0 Å². The van der Waals surface area contributed by atoms with Gasteiger partial charge in [-0.2, -0.15) is 0 Å². The van der Waals surface area contributed by atoms with E-state index in [-0.39, 0.29) is 18.5 Å². The van der Waals surface area contributed by atoms with Crippen molar-refractivity contribution < 1.29 is 24.5 Å². The molecule has 0 fully saturated rings. The normalized spacial score (nSPS) is 12.6. The molecule has 0 aliphatic heterocycles. The topological polar surface area (TPSA) is 95.9 Å². The molecule has 2 atom stereocenters. The maximum atomic E-state index is 12.5. The van der Waals surface area contributed by atoms with Crippen molar-refractivity contribution in [2.75, 3.05) is 13.2 Å². The van der Waals surface area contributed by atoms with Crippen LogP contribution in [0.2, 0.25) is 0 Å². The Bertz CT molecular complexity index is 1490. The number of esters is 1. The molecule has 0 bridgehead atoms. The van der Waals surface area contributed by atoms with Crippen molar-refractivity contribution in [3.05, 3.63) is 36.5 Å². The molecule has 0 rings (SSSR count). The van der Waals surface area contributed by atoms with Crippen LogP contribution in [0.3, 0.4) is 0 Å². The molecule has 1 amide bonds. The molecule has 0 saturated heterocycles. The first-order chi connectivity index (χ1) is 45.5. The molecule has 0 aliphatic rings. The van der Waals surface area contributed by atoms with Crippen molar-refractivity contribution >= 4 is 11.9 Å². The van der Waals surface area contributed by atoms with Gasteiger partial charge in [0.15, 0.2) is 0 Å². The predicted octanol–water partition coefficient (Wildman–Crippen LogP) is 28.2. The van der Waals surface area contributed by atoms with Gasteiger partial charge in [0.25, 0.3) is 0 Å². The lowest BCUT2D eigenvalue weighted by molar-refractivity contribution is -0.143. The van der Waals surface area contributed by atoms with E-state index in [1.807, 2.05) is 6.08 Å². The molecule has 0 aliphatic carbocycles. The highest BCUT2D eigenvalue weighted by molar-refractivity contribution is 5.76. The number of carbonyl (C=O) groups excluding carboxylic acids is 2.